The molecule has 0 aliphatic heterocycles. The van der Waals surface area contributed by atoms with Crippen LogP contribution in [-0.2, 0) is 13.1 Å². The Balaban J connectivity index is 1.70. The lowest BCUT2D eigenvalue weighted by atomic mass is 10.1. The Kier molecular flexibility index (Phi) is 3.95. The topological polar surface area (TPSA) is 132 Å². The lowest BCUT2D eigenvalue weighted by Crippen LogP contribution is -2.15. The van der Waals surface area contributed by atoms with Gasteiger partial charge in [0.15, 0.2) is 5.82 Å². The van der Waals surface area contributed by atoms with Crippen molar-refractivity contribution in [3.8, 4) is 0 Å². The Morgan fingerprint density at radius 1 is 1.30 bits per heavy atom. The highest BCUT2D eigenvalue weighted by molar-refractivity contribution is 5.90. The number of aryl methyl sites for hydroxylation is 1. The molecule has 23 heavy (non-hydrogen) atoms. The van der Waals surface area contributed by atoms with Gasteiger partial charge in [-0.3, -0.25) is 0 Å². The average molecular weight is 315 g/mol. The van der Waals surface area contributed by atoms with Gasteiger partial charge in [0.1, 0.15) is 6.67 Å². The second-order valence-corrected chi connectivity index (χ2v) is 4.86. The molecule has 10 heteroatoms. The van der Waals surface area contributed by atoms with Crippen molar-refractivity contribution in [3.05, 3.63) is 46.9 Å². The molecule has 0 radical (unpaired) electrons. The smallest absolute Gasteiger partial charge is 0.362 e. The molecule has 2 heterocycles. The number of hydrogen-bond acceptors (Lipinski definition) is 8. The van der Waals surface area contributed by atoms with Crippen LogP contribution in [0.2, 0.25) is 0 Å². The maximum Gasteiger partial charge on any atom is 0.362 e. The fourth-order valence-corrected chi connectivity index (χ4v) is 1.96. The maximum absolute atomic E-state index is 10.9. The fourth-order valence-electron chi connectivity index (χ4n) is 1.96. The quantitative estimate of drug-likeness (QED) is 0.675. The number of carboxylic acid groups (broad SMARTS) is 1. The number of nitrogens with zero attached hydrogens (tertiary/aromatic N) is 6. The van der Waals surface area contributed by atoms with Gasteiger partial charge in [0.25, 0.3) is 0 Å². The third kappa shape index (κ3) is 3.31. The van der Waals surface area contributed by atoms with Crippen LogP contribution in [0.3, 0.4) is 0 Å². The molecule has 0 amide bonds. The molecule has 0 atom stereocenters. The summed E-state index contributed by atoms with van der Waals surface area (Å²) in [6, 6.07) is 8.04. The number of aromatic nitrogens is 6. The number of carbonyl (C=O) groups is 1. The molecule has 2 N–H and O–H groups in total. The Labute approximate surface area is 130 Å². The molecule has 0 spiro atoms. The van der Waals surface area contributed by atoms with Crippen LogP contribution in [0.5, 0.6) is 0 Å². The number of hydrogen-bond donors (Lipinski definition) is 2. The van der Waals surface area contributed by atoms with Gasteiger partial charge in [-0.15, -0.1) is 5.10 Å². The average Bonchev–Trinajstić information content (AvgIpc) is 3.16. The summed E-state index contributed by atoms with van der Waals surface area (Å²) in [5.74, 6) is -0.575. The minimum absolute atomic E-state index is 0.0225. The molecule has 2 aromatic heterocycles. The summed E-state index contributed by atoms with van der Waals surface area (Å²) in [5.41, 5.74) is 1.95. The van der Waals surface area contributed by atoms with Crippen LogP contribution >= 0.6 is 0 Å². The summed E-state index contributed by atoms with van der Waals surface area (Å²) in [4.78, 5) is 10.9. The first-order chi connectivity index (χ1) is 11.1. The van der Waals surface area contributed by atoms with Crippen molar-refractivity contribution in [1.29, 1.82) is 0 Å². The second kappa shape index (κ2) is 6.22. The van der Waals surface area contributed by atoms with Gasteiger partial charge < -0.3 is 10.4 Å². The zero-order chi connectivity index (χ0) is 16.2. The minimum Gasteiger partial charge on any atom is -0.476 e. The van der Waals surface area contributed by atoms with E-state index in [-0.39, 0.29) is 18.2 Å². The highest BCUT2D eigenvalue weighted by Gasteiger charge is 2.17. The highest BCUT2D eigenvalue weighted by atomic mass is 16.6. The highest BCUT2D eigenvalue weighted by Crippen LogP contribution is 2.11. The lowest BCUT2D eigenvalue weighted by Gasteiger charge is -2.06. The van der Waals surface area contributed by atoms with Crippen molar-refractivity contribution >= 4 is 11.8 Å². The number of rotatable bonds is 6. The molecule has 1 aromatic carbocycles. The lowest BCUT2D eigenvalue weighted by molar-refractivity contribution is 0.0685. The van der Waals surface area contributed by atoms with Crippen LogP contribution in [0.1, 0.15) is 27.4 Å². The van der Waals surface area contributed by atoms with Crippen molar-refractivity contribution in [3.63, 3.8) is 0 Å². The van der Waals surface area contributed by atoms with Gasteiger partial charge in [-0.2, -0.15) is 0 Å². The summed E-state index contributed by atoms with van der Waals surface area (Å²) < 4.78 is 5.92. The van der Waals surface area contributed by atoms with Crippen molar-refractivity contribution in [2.75, 3.05) is 5.32 Å². The van der Waals surface area contributed by atoms with Gasteiger partial charge in [0, 0.05) is 6.42 Å². The van der Waals surface area contributed by atoms with E-state index in [1.54, 1.807) is 0 Å². The first-order valence-electron chi connectivity index (χ1n) is 6.74. The van der Waals surface area contributed by atoms with Gasteiger partial charge in [0.2, 0.25) is 11.5 Å². The van der Waals surface area contributed by atoms with E-state index in [0.29, 0.717) is 12.2 Å². The first kappa shape index (κ1) is 14.6. The Hall–Kier alpha value is -3.30. The number of anilines is 1. The first-order valence-corrected chi connectivity index (χ1v) is 6.74. The van der Waals surface area contributed by atoms with Crippen LogP contribution in [0.15, 0.2) is 28.9 Å². The second-order valence-electron chi connectivity index (χ2n) is 4.86. The predicted molar refractivity (Wildman–Crippen MR) is 76.7 cm³/mol. The van der Waals surface area contributed by atoms with Crippen molar-refractivity contribution < 1.29 is 14.5 Å². The monoisotopic (exact) mass is 315 g/mol. The molecule has 0 fully saturated rings. The maximum atomic E-state index is 10.9. The number of aromatic carboxylic acids is 1. The molecule has 0 aliphatic carbocycles. The van der Waals surface area contributed by atoms with Crippen molar-refractivity contribution in [2.45, 2.75) is 20.0 Å². The number of benzene rings is 1. The fraction of sp³-hybridized carbons (Fsp3) is 0.231. The largest absolute Gasteiger partial charge is 0.476 e. The Morgan fingerprint density at radius 2 is 2.09 bits per heavy atom. The third-order valence-electron chi connectivity index (χ3n) is 3.18. The van der Waals surface area contributed by atoms with E-state index in [0.717, 1.165) is 5.56 Å². The standard InChI is InChI=1S/C13H13N7O3/c1-8-2-4-9(5-3-8)6-10-15-18-19-20(10)7-14-12-11(13(21)22)16-23-17-12/h2-5H,6-7H2,1H3,(H,14,17)(H,21,22). The van der Waals surface area contributed by atoms with Crippen molar-refractivity contribution in [1.82, 2.24) is 30.5 Å². The normalized spacial score (nSPS) is 10.7. The molecule has 3 rings (SSSR count). The van der Waals surface area contributed by atoms with E-state index in [2.05, 4.69) is 35.8 Å². The van der Waals surface area contributed by atoms with Gasteiger partial charge in [-0.25, -0.2) is 14.1 Å². The zero-order valence-corrected chi connectivity index (χ0v) is 12.2. The minimum atomic E-state index is -1.23. The third-order valence-corrected chi connectivity index (χ3v) is 3.18. The molecule has 0 saturated carbocycles. The van der Waals surface area contributed by atoms with Crippen LogP contribution in [0.4, 0.5) is 5.82 Å². The molecule has 0 aliphatic rings. The number of nitrogens with one attached hydrogen (secondary N) is 1. The predicted octanol–water partition coefficient (Wildman–Crippen LogP) is 0.723. The zero-order valence-electron chi connectivity index (χ0n) is 12.2. The van der Waals surface area contributed by atoms with Crippen LogP contribution in [0.25, 0.3) is 0 Å². The summed E-state index contributed by atoms with van der Waals surface area (Å²) >= 11 is 0. The molecule has 10 nitrogen and oxygen atoms in total. The van der Waals surface area contributed by atoms with Crippen LogP contribution in [0, 0.1) is 6.92 Å². The SMILES string of the molecule is Cc1ccc(Cc2nnnn2CNc2nonc2C(=O)O)cc1. The van der Waals surface area contributed by atoms with Gasteiger partial charge in [0.05, 0.1) is 0 Å². The van der Waals surface area contributed by atoms with Gasteiger partial charge >= 0.3 is 5.97 Å². The van der Waals surface area contributed by atoms with E-state index < -0.39 is 5.97 Å². The van der Waals surface area contributed by atoms with Gasteiger partial charge in [-0.1, -0.05) is 29.8 Å². The summed E-state index contributed by atoms with van der Waals surface area (Å²) in [5, 5.41) is 30.0. The van der Waals surface area contributed by atoms with Gasteiger partial charge in [-0.05, 0) is 33.2 Å². The molecule has 118 valence electrons. The molecular formula is C13H13N7O3. The molecule has 0 bridgehead atoms. The molecule has 3 aromatic rings. The Bertz CT molecular complexity index is 809. The van der Waals surface area contributed by atoms with E-state index in [1.807, 2.05) is 31.2 Å². The Morgan fingerprint density at radius 3 is 2.83 bits per heavy atom. The van der Waals surface area contributed by atoms with E-state index in [1.165, 1.54) is 10.2 Å². The van der Waals surface area contributed by atoms with Crippen LogP contribution in [-0.4, -0.2) is 41.6 Å². The van der Waals surface area contributed by atoms with E-state index >= 15 is 0 Å². The summed E-state index contributed by atoms with van der Waals surface area (Å²) in [6.07, 6.45) is 0.553. The summed E-state index contributed by atoms with van der Waals surface area (Å²) in [7, 11) is 0. The van der Waals surface area contributed by atoms with E-state index in [4.69, 9.17) is 5.11 Å². The molecule has 0 unspecified atom stereocenters. The summed E-state index contributed by atoms with van der Waals surface area (Å²) in [6.45, 7) is 2.16. The van der Waals surface area contributed by atoms with Crippen LogP contribution < -0.4 is 5.32 Å². The number of carboxylic acids is 1. The molecular weight excluding hydrogens is 302 g/mol. The van der Waals surface area contributed by atoms with Crippen molar-refractivity contribution in [2.24, 2.45) is 0 Å². The number of tetrazole rings is 1. The molecule has 0 saturated heterocycles. The van der Waals surface area contributed by atoms with E-state index in [9.17, 15) is 4.79 Å².